The van der Waals surface area contributed by atoms with Crippen molar-refractivity contribution in [3.8, 4) is 5.75 Å². The number of benzene rings is 3. The van der Waals surface area contributed by atoms with E-state index in [-0.39, 0.29) is 12.4 Å². The monoisotopic (exact) mass is 529 g/mol. The molecule has 3 aromatic carbocycles. The van der Waals surface area contributed by atoms with E-state index < -0.39 is 16.1 Å². The number of aryl methyl sites for hydroxylation is 1. The molecule has 7 nitrogen and oxygen atoms in total. The predicted octanol–water partition coefficient (Wildman–Crippen LogP) is 2.21. The highest BCUT2D eigenvalue weighted by Crippen LogP contribution is 2.18. The average Bonchev–Trinajstić information content (AvgIpc) is 2.88. The minimum absolute atomic E-state index is 0.106. The Balaban J connectivity index is 1.23. The van der Waals surface area contributed by atoms with Crippen LogP contribution in [0.15, 0.2) is 77.7 Å². The standard InChI is InChI=1S/C27H29ClN2O5S/c1-20-2-12-26(13-3-20)36(33,34)30-16-14-29(15-17-30)18-24(31)19-35-25-10-6-22(7-11-25)27(32)21-4-8-23(28)9-5-21/h2-13,24,31H,14-19H2,1H3/p+1/t24-/m1/s1. The zero-order valence-corrected chi connectivity index (χ0v) is 21.6. The maximum absolute atomic E-state index is 12.9. The van der Waals surface area contributed by atoms with Crippen molar-refractivity contribution in [3.63, 3.8) is 0 Å². The summed E-state index contributed by atoms with van der Waals surface area (Å²) in [6.45, 7) is 4.54. The van der Waals surface area contributed by atoms with Gasteiger partial charge in [0, 0.05) is 16.1 Å². The number of rotatable bonds is 9. The Kier molecular flexibility index (Phi) is 8.43. The lowest BCUT2D eigenvalue weighted by molar-refractivity contribution is -0.906. The van der Waals surface area contributed by atoms with Gasteiger partial charge in [-0.05, 0) is 67.6 Å². The van der Waals surface area contributed by atoms with E-state index in [9.17, 15) is 18.3 Å². The van der Waals surface area contributed by atoms with Crippen molar-refractivity contribution in [3.05, 3.63) is 94.5 Å². The van der Waals surface area contributed by atoms with E-state index in [0.29, 0.717) is 59.5 Å². The van der Waals surface area contributed by atoms with Gasteiger partial charge in [-0.3, -0.25) is 4.79 Å². The molecular weight excluding hydrogens is 500 g/mol. The van der Waals surface area contributed by atoms with Crippen LogP contribution in [0.5, 0.6) is 5.75 Å². The fraction of sp³-hybridized carbons (Fsp3) is 0.296. The normalized spacial score (nSPS) is 16.0. The van der Waals surface area contributed by atoms with Crippen molar-refractivity contribution in [1.82, 2.24) is 4.31 Å². The molecule has 0 spiro atoms. The Morgan fingerprint density at radius 2 is 1.53 bits per heavy atom. The number of halogens is 1. The van der Waals surface area contributed by atoms with Gasteiger partial charge in [0.05, 0.1) is 31.1 Å². The molecule has 2 N–H and O–H groups in total. The largest absolute Gasteiger partial charge is 0.491 e. The van der Waals surface area contributed by atoms with E-state index in [1.54, 1.807) is 72.8 Å². The molecule has 1 fully saturated rings. The Morgan fingerprint density at radius 3 is 2.11 bits per heavy atom. The van der Waals surface area contributed by atoms with Gasteiger partial charge in [0.25, 0.3) is 0 Å². The molecule has 1 aliphatic rings. The van der Waals surface area contributed by atoms with Crippen LogP contribution in [0.25, 0.3) is 0 Å². The van der Waals surface area contributed by atoms with Gasteiger partial charge < -0.3 is 14.7 Å². The third-order valence-electron chi connectivity index (χ3n) is 6.28. The number of nitrogens with one attached hydrogen (secondary N) is 1. The van der Waals surface area contributed by atoms with Crippen molar-refractivity contribution in [2.45, 2.75) is 17.9 Å². The quantitative estimate of drug-likeness (QED) is 0.415. The van der Waals surface area contributed by atoms with Crippen LogP contribution < -0.4 is 9.64 Å². The van der Waals surface area contributed by atoms with Gasteiger partial charge in [-0.1, -0.05) is 29.3 Å². The molecule has 9 heteroatoms. The van der Waals surface area contributed by atoms with Crippen molar-refractivity contribution in [2.75, 3.05) is 39.3 Å². The number of hydrogen-bond donors (Lipinski definition) is 2. The number of ketones is 1. The van der Waals surface area contributed by atoms with E-state index in [0.717, 1.165) is 10.5 Å². The molecule has 0 unspecified atom stereocenters. The number of quaternary nitrogens is 1. The maximum atomic E-state index is 12.9. The molecule has 0 aromatic heterocycles. The van der Waals surface area contributed by atoms with Gasteiger partial charge in [-0.15, -0.1) is 0 Å². The number of ether oxygens (including phenoxy) is 1. The van der Waals surface area contributed by atoms with E-state index in [4.69, 9.17) is 16.3 Å². The second-order valence-corrected chi connectivity index (χ2v) is 11.4. The predicted molar refractivity (Wildman–Crippen MR) is 138 cm³/mol. The third kappa shape index (κ3) is 6.52. The number of carbonyl (C=O) groups excluding carboxylic acids is 1. The van der Waals surface area contributed by atoms with E-state index in [1.165, 1.54) is 4.31 Å². The van der Waals surface area contributed by atoms with Crippen LogP contribution in [0.3, 0.4) is 0 Å². The molecule has 0 bridgehead atoms. The summed E-state index contributed by atoms with van der Waals surface area (Å²) >= 11 is 5.88. The summed E-state index contributed by atoms with van der Waals surface area (Å²) < 4.78 is 33.0. The van der Waals surface area contributed by atoms with Gasteiger partial charge in [-0.25, -0.2) is 8.42 Å². The van der Waals surface area contributed by atoms with Crippen LogP contribution in [0.4, 0.5) is 0 Å². The number of nitrogens with zero attached hydrogens (tertiary/aromatic N) is 1. The summed E-state index contributed by atoms with van der Waals surface area (Å²) in [6, 6.07) is 20.4. The highest BCUT2D eigenvalue weighted by atomic mass is 35.5. The zero-order chi connectivity index (χ0) is 25.7. The van der Waals surface area contributed by atoms with Gasteiger partial charge in [0.1, 0.15) is 25.0 Å². The van der Waals surface area contributed by atoms with Crippen molar-refractivity contribution < 1.29 is 28.0 Å². The summed E-state index contributed by atoms with van der Waals surface area (Å²) in [6.07, 6.45) is -0.698. The Hall–Kier alpha value is -2.75. The zero-order valence-electron chi connectivity index (χ0n) is 20.1. The first-order valence-electron chi connectivity index (χ1n) is 11.8. The number of aliphatic hydroxyl groups excluding tert-OH is 1. The van der Waals surface area contributed by atoms with Crippen molar-refractivity contribution in [1.29, 1.82) is 0 Å². The van der Waals surface area contributed by atoms with Gasteiger partial charge >= 0.3 is 0 Å². The fourth-order valence-corrected chi connectivity index (χ4v) is 5.73. The minimum atomic E-state index is -3.50. The molecule has 4 rings (SSSR count). The first-order chi connectivity index (χ1) is 17.2. The lowest BCUT2D eigenvalue weighted by Crippen LogP contribution is -3.15. The molecule has 1 heterocycles. The number of carbonyl (C=O) groups is 1. The van der Waals surface area contributed by atoms with Crippen LogP contribution >= 0.6 is 11.6 Å². The van der Waals surface area contributed by atoms with Crippen LogP contribution in [0.1, 0.15) is 21.5 Å². The van der Waals surface area contributed by atoms with Crippen LogP contribution in [0.2, 0.25) is 5.02 Å². The van der Waals surface area contributed by atoms with E-state index in [2.05, 4.69) is 0 Å². The Bertz CT molecular complexity index is 1270. The number of aliphatic hydroxyl groups is 1. The molecule has 0 saturated carbocycles. The molecule has 1 saturated heterocycles. The number of sulfonamides is 1. The van der Waals surface area contributed by atoms with Crippen molar-refractivity contribution >= 4 is 27.4 Å². The first kappa shape index (κ1) is 26.3. The Morgan fingerprint density at radius 1 is 0.972 bits per heavy atom. The SMILES string of the molecule is Cc1ccc(S(=O)(=O)N2CC[NH+](C[C@@H](O)COc3ccc(C(=O)c4ccc(Cl)cc4)cc3)CC2)cc1. The lowest BCUT2D eigenvalue weighted by atomic mass is 10.0. The summed E-state index contributed by atoms with van der Waals surface area (Å²) in [7, 11) is -3.50. The summed E-state index contributed by atoms with van der Waals surface area (Å²) in [5.74, 6) is 0.455. The Labute approximate surface area is 216 Å². The second-order valence-electron chi connectivity index (χ2n) is 9.00. The molecule has 190 valence electrons. The molecule has 1 atom stereocenters. The fourth-order valence-electron chi connectivity index (χ4n) is 4.16. The topological polar surface area (TPSA) is 88.3 Å². The summed E-state index contributed by atoms with van der Waals surface area (Å²) in [4.78, 5) is 14.0. The van der Waals surface area contributed by atoms with Crippen LogP contribution in [0, 0.1) is 6.92 Å². The molecule has 0 radical (unpaired) electrons. The van der Waals surface area contributed by atoms with Crippen LogP contribution in [-0.4, -0.2) is 69.0 Å². The van der Waals surface area contributed by atoms with Gasteiger partial charge in [-0.2, -0.15) is 4.31 Å². The molecule has 1 aliphatic heterocycles. The summed E-state index contributed by atoms with van der Waals surface area (Å²) in [5, 5.41) is 11.0. The lowest BCUT2D eigenvalue weighted by Gasteiger charge is -2.32. The van der Waals surface area contributed by atoms with Gasteiger partial charge in [0.2, 0.25) is 10.0 Å². The average molecular weight is 530 g/mol. The second kappa shape index (κ2) is 11.5. The molecule has 0 amide bonds. The third-order valence-corrected chi connectivity index (χ3v) is 8.44. The highest BCUT2D eigenvalue weighted by molar-refractivity contribution is 7.89. The molecular formula is C27H30ClN2O5S+. The smallest absolute Gasteiger partial charge is 0.243 e. The van der Waals surface area contributed by atoms with E-state index in [1.807, 2.05) is 6.92 Å². The van der Waals surface area contributed by atoms with Crippen molar-refractivity contribution in [2.24, 2.45) is 0 Å². The number of hydrogen-bond acceptors (Lipinski definition) is 5. The first-order valence-corrected chi connectivity index (χ1v) is 13.7. The molecule has 0 aliphatic carbocycles. The minimum Gasteiger partial charge on any atom is -0.491 e. The molecule has 3 aromatic rings. The maximum Gasteiger partial charge on any atom is 0.243 e. The highest BCUT2D eigenvalue weighted by Gasteiger charge is 2.31. The van der Waals surface area contributed by atoms with E-state index >= 15 is 0 Å². The van der Waals surface area contributed by atoms with Gasteiger partial charge in [0.15, 0.2) is 5.78 Å². The summed E-state index contributed by atoms with van der Waals surface area (Å²) in [5.41, 5.74) is 2.10. The molecule has 36 heavy (non-hydrogen) atoms. The number of piperazine rings is 1. The van der Waals surface area contributed by atoms with Crippen LogP contribution in [-0.2, 0) is 10.0 Å².